The van der Waals surface area contributed by atoms with Gasteiger partial charge in [0.25, 0.3) is 0 Å². The second-order valence-corrected chi connectivity index (χ2v) is 8.45. The van der Waals surface area contributed by atoms with E-state index in [1.165, 1.54) is 5.56 Å². The van der Waals surface area contributed by atoms with E-state index in [4.69, 9.17) is 17.3 Å². The number of rotatable bonds is 3. The lowest BCUT2D eigenvalue weighted by atomic mass is 10.0. The fourth-order valence-corrected chi connectivity index (χ4v) is 5.06. The Labute approximate surface area is 177 Å². The molecule has 0 spiro atoms. The lowest BCUT2D eigenvalue weighted by molar-refractivity contribution is -0.117. The molecular weight excluding hydrogens is 402 g/mol. The largest absolute Gasteiger partial charge is 0.383 e. The van der Waals surface area contributed by atoms with Gasteiger partial charge < -0.3 is 10.6 Å². The highest BCUT2D eigenvalue weighted by molar-refractivity contribution is 7.17. The average molecular weight is 420 g/mol. The zero-order chi connectivity index (χ0) is 20.0. The van der Waals surface area contributed by atoms with Crippen LogP contribution in [-0.2, 0) is 17.6 Å². The number of hydrogen-bond acceptors (Lipinski definition) is 4. The zero-order valence-electron chi connectivity index (χ0n) is 15.6. The fourth-order valence-electron chi connectivity index (χ4n) is 3.92. The van der Waals surface area contributed by atoms with Crippen LogP contribution >= 0.6 is 22.9 Å². The van der Waals surface area contributed by atoms with E-state index >= 15 is 0 Å². The summed E-state index contributed by atoms with van der Waals surface area (Å²) in [7, 11) is 0. The number of thiophene rings is 1. The highest BCUT2D eigenvalue weighted by atomic mass is 35.5. The highest BCUT2D eigenvalue weighted by Gasteiger charge is 2.25. The van der Waals surface area contributed by atoms with Crippen LogP contribution in [0.15, 0.2) is 60.1 Å². The summed E-state index contributed by atoms with van der Waals surface area (Å²) in [6.45, 7) is 0.691. The number of fused-ring (bicyclic) bond motifs is 2. The summed E-state index contributed by atoms with van der Waals surface area (Å²) >= 11 is 7.90. The monoisotopic (exact) mass is 419 g/mol. The number of hydrogen-bond donors (Lipinski definition) is 1. The smallest absolute Gasteiger partial charge is 0.231 e. The number of carbonyl (C=O) groups is 1. The van der Waals surface area contributed by atoms with Gasteiger partial charge in [0.15, 0.2) is 0 Å². The van der Waals surface area contributed by atoms with E-state index in [1.54, 1.807) is 11.3 Å². The summed E-state index contributed by atoms with van der Waals surface area (Å²) in [6, 6.07) is 15.8. The number of aromatic nitrogens is 1. The quantitative estimate of drug-likeness (QED) is 0.488. The maximum Gasteiger partial charge on any atom is 0.231 e. The highest BCUT2D eigenvalue weighted by Crippen LogP contribution is 2.38. The Bertz CT molecular complexity index is 1250. The van der Waals surface area contributed by atoms with Crippen molar-refractivity contribution in [3.05, 3.63) is 76.3 Å². The molecule has 0 atom stereocenters. The Kier molecular flexibility index (Phi) is 4.49. The first kappa shape index (κ1) is 18.2. The van der Waals surface area contributed by atoms with E-state index in [1.807, 2.05) is 52.9 Å². The molecule has 29 heavy (non-hydrogen) atoms. The van der Waals surface area contributed by atoms with Gasteiger partial charge in [0, 0.05) is 39.1 Å². The summed E-state index contributed by atoms with van der Waals surface area (Å²) in [5, 5.41) is 3.66. The molecule has 4 nitrogen and oxygen atoms in total. The van der Waals surface area contributed by atoms with Crippen molar-refractivity contribution in [2.45, 2.75) is 12.8 Å². The molecule has 144 valence electrons. The van der Waals surface area contributed by atoms with Crippen molar-refractivity contribution in [2.75, 3.05) is 17.2 Å². The zero-order valence-corrected chi connectivity index (χ0v) is 17.1. The Morgan fingerprint density at radius 1 is 1.21 bits per heavy atom. The molecule has 6 heteroatoms. The summed E-state index contributed by atoms with van der Waals surface area (Å²) < 4.78 is 1.14. The number of nitrogens with zero attached hydrogens (tertiary/aromatic N) is 2. The molecule has 2 aromatic carbocycles. The predicted octanol–water partition coefficient (Wildman–Crippen LogP) is 5.33. The number of carbonyl (C=O) groups excluding carboxylic acids is 1. The first-order valence-electron chi connectivity index (χ1n) is 9.40. The van der Waals surface area contributed by atoms with Gasteiger partial charge in [-0.1, -0.05) is 35.9 Å². The van der Waals surface area contributed by atoms with E-state index in [0.29, 0.717) is 23.8 Å². The van der Waals surface area contributed by atoms with Crippen LogP contribution in [0.1, 0.15) is 11.1 Å². The third kappa shape index (κ3) is 3.16. The molecular formula is C23H18ClN3OS. The van der Waals surface area contributed by atoms with E-state index in [9.17, 15) is 4.79 Å². The lowest BCUT2D eigenvalue weighted by Crippen LogP contribution is -2.30. The van der Waals surface area contributed by atoms with Crippen LogP contribution in [0.3, 0.4) is 0 Å². The van der Waals surface area contributed by atoms with Crippen LogP contribution in [0.4, 0.5) is 11.5 Å². The molecule has 1 aliphatic heterocycles. The molecule has 0 radical (unpaired) electrons. The number of nitrogen functional groups attached to an aromatic ring is 1. The first-order chi connectivity index (χ1) is 14.1. The van der Waals surface area contributed by atoms with Crippen molar-refractivity contribution >= 4 is 50.4 Å². The Hall–Kier alpha value is -2.89. The maximum absolute atomic E-state index is 12.9. The predicted molar refractivity (Wildman–Crippen MR) is 121 cm³/mol. The van der Waals surface area contributed by atoms with Crippen LogP contribution in [0.5, 0.6) is 0 Å². The number of benzene rings is 2. The second-order valence-electron chi connectivity index (χ2n) is 7.13. The number of halogens is 1. The molecule has 1 aliphatic rings. The molecule has 0 fully saturated rings. The topological polar surface area (TPSA) is 59.2 Å². The van der Waals surface area contributed by atoms with Crippen LogP contribution in [-0.4, -0.2) is 17.4 Å². The number of anilines is 2. The third-order valence-corrected chi connectivity index (χ3v) is 6.72. The minimum absolute atomic E-state index is 0.0689. The summed E-state index contributed by atoms with van der Waals surface area (Å²) in [4.78, 5) is 19.1. The van der Waals surface area contributed by atoms with Crippen molar-refractivity contribution in [3.63, 3.8) is 0 Å². The van der Waals surface area contributed by atoms with E-state index in [2.05, 4.69) is 17.1 Å². The Morgan fingerprint density at radius 2 is 2.07 bits per heavy atom. The van der Waals surface area contributed by atoms with Crippen molar-refractivity contribution in [1.82, 2.24) is 4.98 Å². The van der Waals surface area contributed by atoms with Gasteiger partial charge in [0.1, 0.15) is 5.82 Å². The molecule has 3 heterocycles. The Morgan fingerprint density at radius 3 is 2.93 bits per heavy atom. The summed E-state index contributed by atoms with van der Waals surface area (Å²) in [6.07, 6.45) is 2.98. The third-order valence-electron chi connectivity index (χ3n) is 5.41. The average Bonchev–Trinajstić information content (AvgIpc) is 3.37. The number of nitrogens with two attached hydrogens (primary N) is 1. The number of amides is 1. The molecule has 0 aliphatic carbocycles. The molecule has 0 saturated heterocycles. The van der Waals surface area contributed by atoms with Gasteiger partial charge in [-0.25, -0.2) is 4.98 Å². The normalized spacial score (nSPS) is 13.1. The van der Waals surface area contributed by atoms with E-state index < -0.39 is 0 Å². The molecule has 2 N–H and O–H groups in total. The lowest BCUT2D eigenvalue weighted by Gasteiger charge is -2.18. The van der Waals surface area contributed by atoms with Gasteiger partial charge in [-0.05, 0) is 52.8 Å². The minimum atomic E-state index is 0.0689. The fraction of sp³-hybridized carbons (Fsp3) is 0.130. The van der Waals surface area contributed by atoms with Gasteiger partial charge >= 0.3 is 0 Å². The Balaban J connectivity index is 1.46. The van der Waals surface area contributed by atoms with E-state index in [-0.39, 0.29) is 5.91 Å². The van der Waals surface area contributed by atoms with Gasteiger partial charge in [-0.2, -0.15) is 0 Å². The van der Waals surface area contributed by atoms with Crippen molar-refractivity contribution in [1.29, 1.82) is 0 Å². The van der Waals surface area contributed by atoms with Gasteiger partial charge in [0.05, 0.1) is 6.42 Å². The molecule has 2 aromatic heterocycles. The molecule has 0 saturated carbocycles. The van der Waals surface area contributed by atoms with Crippen molar-refractivity contribution in [2.24, 2.45) is 0 Å². The van der Waals surface area contributed by atoms with Gasteiger partial charge in [-0.3, -0.25) is 4.79 Å². The molecule has 5 rings (SSSR count). The standard InChI is InChI=1S/C23H18ClN3OS/c24-19-4-2-1-3-15(19)12-21(28)27-9-7-16-11-14(5-6-20(16)27)18-13-26-23(25)17-8-10-29-22(17)18/h1-6,8,10-11,13H,7,9,12H2,(H2,25,26). The summed E-state index contributed by atoms with van der Waals surface area (Å²) in [5.74, 6) is 0.627. The van der Waals surface area contributed by atoms with Gasteiger partial charge in [0.2, 0.25) is 5.91 Å². The van der Waals surface area contributed by atoms with E-state index in [0.717, 1.165) is 38.9 Å². The van der Waals surface area contributed by atoms with Crippen molar-refractivity contribution < 1.29 is 4.79 Å². The van der Waals surface area contributed by atoms with Crippen molar-refractivity contribution in [3.8, 4) is 11.1 Å². The number of pyridine rings is 1. The molecule has 0 unspecified atom stereocenters. The molecule has 4 aromatic rings. The molecule has 1 amide bonds. The molecule has 0 bridgehead atoms. The second kappa shape index (κ2) is 7.17. The van der Waals surface area contributed by atoms with Crippen LogP contribution in [0.2, 0.25) is 5.02 Å². The first-order valence-corrected chi connectivity index (χ1v) is 10.7. The SMILES string of the molecule is Nc1ncc(-c2ccc3c(c2)CCN3C(=O)Cc2ccccc2Cl)c2sccc12. The minimum Gasteiger partial charge on any atom is -0.383 e. The maximum atomic E-state index is 12.9. The van der Waals surface area contributed by atoms with Crippen LogP contribution in [0, 0.1) is 0 Å². The van der Waals surface area contributed by atoms with Crippen LogP contribution < -0.4 is 10.6 Å². The summed E-state index contributed by atoms with van der Waals surface area (Å²) in [5.41, 5.74) is 11.2. The van der Waals surface area contributed by atoms with Gasteiger partial charge in [-0.15, -0.1) is 11.3 Å². The van der Waals surface area contributed by atoms with Crippen LogP contribution in [0.25, 0.3) is 21.2 Å².